The quantitative estimate of drug-likeness (QED) is 0.364. The van der Waals surface area contributed by atoms with Crippen LogP contribution in [0.5, 0.6) is 5.75 Å². The highest BCUT2D eigenvalue weighted by molar-refractivity contribution is 5.82. The monoisotopic (exact) mass is 422 g/mol. The van der Waals surface area contributed by atoms with E-state index in [9.17, 15) is 4.79 Å². The van der Waals surface area contributed by atoms with Crippen LogP contribution in [0.1, 0.15) is 84.9 Å². The van der Waals surface area contributed by atoms with Crippen LogP contribution in [-0.4, -0.2) is 17.7 Å². The molecule has 0 atom stereocenters. The standard InChI is InChI=1S/C28H38O3/c1-9-20(13-11-12-19(3)16-26(29)30)21-17-22-23(27(4,5)6)14-15-28(7,8)24(22)18-25(21)31-10-2/h11-14,16-18H,9-10,15H2,1-8H3,(H,29,30). The summed E-state index contributed by atoms with van der Waals surface area (Å²) in [7, 11) is 0. The van der Waals surface area contributed by atoms with Crippen LogP contribution in [0, 0.1) is 5.41 Å². The predicted molar refractivity (Wildman–Crippen MR) is 131 cm³/mol. The topological polar surface area (TPSA) is 46.5 Å². The number of benzene rings is 1. The first-order chi connectivity index (χ1) is 14.4. The molecule has 0 aromatic heterocycles. The van der Waals surface area contributed by atoms with E-state index in [1.54, 1.807) is 6.92 Å². The summed E-state index contributed by atoms with van der Waals surface area (Å²) in [6, 6.07) is 4.55. The van der Waals surface area contributed by atoms with Crippen LogP contribution in [0.15, 0.2) is 48.1 Å². The molecule has 0 bridgehead atoms. The molecule has 1 aliphatic rings. The number of carboxylic acids is 1. The van der Waals surface area contributed by atoms with Gasteiger partial charge in [-0.3, -0.25) is 0 Å². The Morgan fingerprint density at radius 1 is 1.23 bits per heavy atom. The lowest BCUT2D eigenvalue weighted by Crippen LogP contribution is -2.25. The van der Waals surface area contributed by atoms with Crippen molar-refractivity contribution in [2.45, 2.75) is 73.6 Å². The fourth-order valence-corrected chi connectivity index (χ4v) is 4.13. The average Bonchev–Trinajstić information content (AvgIpc) is 2.64. The summed E-state index contributed by atoms with van der Waals surface area (Å²) in [5, 5.41) is 8.91. The minimum Gasteiger partial charge on any atom is -0.493 e. The Balaban J connectivity index is 2.66. The van der Waals surface area contributed by atoms with Crippen molar-refractivity contribution in [1.29, 1.82) is 0 Å². The van der Waals surface area contributed by atoms with Gasteiger partial charge in [0, 0.05) is 11.6 Å². The second-order valence-electron chi connectivity index (χ2n) is 9.91. The Hall–Kier alpha value is -2.55. The van der Waals surface area contributed by atoms with Gasteiger partial charge in [-0.15, -0.1) is 0 Å². The molecule has 0 spiro atoms. The van der Waals surface area contributed by atoms with Crippen molar-refractivity contribution in [2.24, 2.45) is 5.41 Å². The van der Waals surface area contributed by atoms with Crippen molar-refractivity contribution in [3.8, 4) is 5.75 Å². The summed E-state index contributed by atoms with van der Waals surface area (Å²) >= 11 is 0. The van der Waals surface area contributed by atoms with Crippen molar-refractivity contribution in [3.05, 3.63) is 64.8 Å². The van der Waals surface area contributed by atoms with Gasteiger partial charge in [-0.1, -0.05) is 65.8 Å². The smallest absolute Gasteiger partial charge is 0.328 e. The number of allylic oxidation sites excluding steroid dienone is 7. The summed E-state index contributed by atoms with van der Waals surface area (Å²) in [6.07, 6.45) is 11.3. The van der Waals surface area contributed by atoms with Gasteiger partial charge in [-0.2, -0.15) is 0 Å². The SMILES string of the molecule is CCOc1cc2c(cc1C(=CC=CC(C)=CC(=O)O)CC)C(C(C)(C)C)=CCC2(C)C. The number of ether oxygens (including phenoxy) is 1. The molecule has 0 aliphatic heterocycles. The maximum absolute atomic E-state index is 10.9. The first-order valence-corrected chi connectivity index (χ1v) is 11.2. The Labute approximate surface area is 188 Å². The van der Waals surface area contributed by atoms with Gasteiger partial charge in [0.1, 0.15) is 5.75 Å². The fraction of sp³-hybridized carbons (Fsp3) is 0.464. The predicted octanol–water partition coefficient (Wildman–Crippen LogP) is 7.58. The zero-order chi connectivity index (χ0) is 23.4. The first-order valence-electron chi connectivity index (χ1n) is 11.2. The van der Waals surface area contributed by atoms with E-state index in [1.165, 1.54) is 28.3 Å². The molecule has 31 heavy (non-hydrogen) atoms. The molecule has 2 rings (SSSR count). The third-order valence-electron chi connectivity index (χ3n) is 5.80. The molecule has 1 N–H and O–H groups in total. The van der Waals surface area contributed by atoms with Gasteiger partial charge in [-0.05, 0) is 77.5 Å². The summed E-state index contributed by atoms with van der Waals surface area (Å²) in [5.74, 6) is -0.0111. The summed E-state index contributed by atoms with van der Waals surface area (Å²) in [5.41, 5.74) is 7.15. The number of aliphatic carboxylic acids is 1. The number of carbonyl (C=O) groups is 1. The molecule has 0 amide bonds. The van der Waals surface area contributed by atoms with Crippen molar-refractivity contribution >= 4 is 17.1 Å². The minimum absolute atomic E-state index is 0.0587. The maximum Gasteiger partial charge on any atom is 0.328 e. The van der Waals surface area contributed by atoms with Gasteiger partial charge in [-0.25, -0.2) is 4.79 Å². The number of carboxylic acid groups (broad SMARTS) is 1. The van der Waals surface area contributed by atoms with Crippen molar-refractivity contribution in [2.75, 3.05) is 6.61 Å². The number of hydrogen-bond donors (Lipinski definition) is 1. The zero-order valence-corrected chi connectivity index (χ0v) is 20.4. The molecule has 1 aromatic rings. The van der Waals surface area contributed by atoms with E-state index >= 15 is 0 Å². The van der Waals surface area contributed by atoms with E-state index in [4.69, 9.17) is 9.84 Å². The molecule has 0 heterocycles. The largest absolute Gasteiger partial charge is 0.493 e. The molecular formula is C28H38O3. The minimum atomic E-state index is -0.931. The van der Waals surface area contributed by atoms with E-state index in [0.717, 1.165) is 24.2 Å². The van der Waals surface area contributed by atoms with Crippen LogP contribution in [0.3, 0.4) is 0 Å². The fourth-order valence-electron chi connectivity index (χ4n) is 4.13. The third-order valence-corrected chi connectivity index (χ3v) is 5.80. The second-order valence-corrected chi connectivity index (χ2v) is 9.91. The highest BCUT2D eigenvalue weighted by Crippen LogP contribution is 2.48. The highest BCUT2D eigenvalue weighted by atomic mass is 16.5. The Kier molecular flexibility index (Phi) is 7.75. The molecule has 0 radical (unpaired) electrons. The molecule has 3 heteroatoms. The van der Waals surface area contributed by atoms with Crippen LogP contribution in [-0.2, 0) is 10.2 Å². The molecule has 0 saturated carbocycles. The molecule has 0 saturated heterocycles. The van der Waals surface area contributed by atoms with Gasteiger partial charge in [0.15, 0.2) is 0 Å². The van der Waals surface area contributed by atoms with Crippen molar-refractivity contribution in [3.63, 3.8) is 0 Å². The molecule has 0 fully saturated rings. The normalized spacial score (nSPS) is 16.8. The third kappa shape index (κ3) is 6.00. The average molecular weight is 423 g/mol. The Morgan fingerprint density at radius 2 is 1.90 bits per heavy atom. The molecule has 1 aromatic carbocycles. The lowest BCUT2D eigenvalue weighted by Gasteiger charge is -2.37. The summed E-state index contributed by atoms with van der Waals surface area (Å²) in [4.78, 5) is 10.9. The van der Waals surface area contributed by atoms with Crippen LogP contribution in [0.2, 0.25) is 0 Å². The van der Waals surface area contributed by atoms with Crippen LogP contribution in [0.4, 0.5) is 0 Å². The van der Waals surface area contributed by atoms with Gasteiger partial charge in [0.2, 0.25) is 0 Å². The molecule has 3 nitrogen and oxygen atoms in total. The van der Waals surface area contributed by atoms with Gasteiger partial charge in [0.05, 0.1) is 6.61 Å². The van der Waals surface area contributed by atoms with Crippen LogP contribution in [0.25, 0.3) is 11.1 Å². The summed E-state index contributed by atoms with van der Waals surface area (Å²) < 4.78 is 6.11. The van der Waals surface area contributed by atoms with E-state index in [1.807, 2.05) is 19.1 Å². The molecule has 168 valence electrons. The lowest BCUT2D eigenvalue weighted by molar-refractivity contribution is -0.131. The highest BCUT2D eigenvalue weighted by Gasteiger charge is 2.33. The Morgan fingerprint density at radius 3 is 2.45 bits per heavy atom. The molecule has 0 unspecified atom stereocenters. The summed E-state index contributed by atoms with van der Waals surface area (Å²) in [6.45, 7) is 18.0. The Bertz CT molecular complexity index is 947. The van der Waals surface area contributed by atoms with Gasteiger partial charge in [0.25, 0.3) is 0 Å². The number of rotatable bonds is 7. The van der Waals surface area contributed by atoms with Crippen LogP contribution >= 0.6 is 0 Å². The van der Waals surface area contributed by atoms with Crippen molar-refractivity contribution in [1.82, 2.24) is 0 Å². The van der Waals surface area contributed by atoms with E-state index in [0.29, 0.717) is 12.2 Å². The van der Waals surface area contributed by atoms with Crippen molar-refractivity contribution < 1.29 is 14.6 Å². The lowest BCUT2D eigenvalue weighted by atomic mass is 9.67. The van der Waals surface area contributed by atoms with E-state index < -0.39 is 5.97 Å². The molecular weight excluding hydrogens is 384 g/mol. The zero-order valence-electron chi connectivity index (χ0n) is 20.4. The number of hydrogen-bond acceptors (Lipinski definition) is 2. The second kappa shape index (κ2) is 9.72. The molecule has 1 aliphatic carbocycles. The van der Waals surface area contributed by atoms with E-state index in [2.05, 4.69) is 65.8 Å². The van der Waals surface area contributed by atoms with E-state index in [-0.39, 0.29) is 10.8 Å². The first kappa shape index (κ1) is 24.7. The van der Waals surface area contributed by atoms with Gasteiger partial charge < -0.3 is 9.84 Å². The van der Waals surface area contributed by atoms with Gasteiger partial charge >= 0.3 is 5.97 Å². The number of fused-ring (bicyclic) bond motifs is 1. The van der Waals surface area contributed by atoms with Crippen LogP contribution < -0.4 is 4.74 Å². The maximum atomic E-state index is 10.9.